The van der Waals surface area contributed by atoms with Crippen LogP contribution in [0.3, 0.4) is 0 Å². The third kappa shape index (κ3) is 7.07. The van der Waals surface area contributed by atoms with Crippen molar-refractivity contribution < 1.29 is 28.7 Å². The first-order valence-electron chi connectivity index (χ1n) is 9.02. The van der Waals surface area contributed by atoms with Crippen LogP contribution in [0.2, 0.25) is 0 Å². The Morgan fingerprint density at radius 2 is 1.83 bits per heavy atom. The molecule has 0 heterocycles. The van der Waals surface area contributed by atoms with E-state index in [0.29, 0.717) is 26.6 Å². The van der Waals surface area contributed by atoms with E-state index >= 15 is 0 Å². The monoisotopic (exact) mass is 560 g/mol. The molecule has 0 bridgehead atoms. The summed E-state index contributed by atoms with van der Waals surface area (Å²) >= 11 is 6.89. The normalized spacial score (nSPS) is 11.0. The molecule has 1 unspecified atom stereocenters. The molecule has 2 rings (SSSR count). The third-order valence-electron chi connectivity index (χ3n) is 3.82. The first kappa shape index (κ1) is 24.3. The van der Waals surface area contributed by atoms with E-state index in [1.165, 1.54) is 18.2 Å². The Bertz CT molecular complexity index is 943. The Kier molecular flexibility index (Phi) is 9.27. The molecule has 7 nitrogen and oxygen atoms in total. The van der Waals surface area contributed by atoms with Crippen LogP contribution >= 0.6 is 39.7 Å². The molecule has 1 amide bonds. The minimum absolute atomic E-state index is 0.0169. The average Bonchev–Trinajstić information content (AvgIpc) is 2.65. The van der Waals surface area contributed by atoms with Gasteiger partial charge in [-0.2, -0.15) is 0 Å². The smallest absolute Gasteiger partial charge is 0.340 e. The van der Waals surface area contributed by atoms with Crippen molar-refractivity contribution in [2.75, 3.05) is 19.8 Å². The molecule has 0 radical (unpaired) electrons. The number of phenolic OH excluding ortho intramolecular Hbond substituents is 1. The molecule has 160 valence electrons. The fourth-order valence-electron chi connectivity index (χ4n) is 2.54. The SMILES string of the molecule is CCOC(=O)CCNC(=O)c1cc(Oc2c(Br)cc(C[P+](C)=O)cc2Br)ccc1O. The van der Waals surface area contributed by atoms with Gasteiger partial charge in [-0.25, -0.2) is 0 Å². The molecule has 10 heteroatoms. The second-order valence-electron chi connectivity index (χ2n) is 6.27. The van der Waals surface area contributed by atoms with Gasteiger partial charge in [-0.05, 0) is 69.1 Å². The molecule has 0 saturated carbocycles. The molecule has 30 heavy (non-hydrogen) atoms. The summed E-state index contributed by atoms with van der Waals surface area (Å²) in [6, 6.07) is 7.93. The molecule has 2 aromatic carbocycles. The Hall–Kier alpha value is -1.96. The van der Waals surface area contributed by atoms with Gasteiger partial charge in [0.05, 0.1) is 27.5 Å². The van der Waals surface area contributed by atoms with Gasteiger partial charge in [0.1, 0.15) is 18.2 Å². The number of carbonyl (C=O) groups is 2. The van der Waals surface area contributed by atoms with Crippen LogP contribution in [0, 0.1) is 0 Å². The zero-order chi connectivity index (χ0) is 22.3. The summed E-state index contributed by atoms with van der Waals surface area (Å²) in [4.78, 5) is 23.7. The predicted molar refractivity (Wildman–Crippen MR) is 121 cm³/mol. The van der Waals surface area contributed by atoms with Gasteiger partial charge in [0.25, 0.3) is 5.91 Å². The molecule has 0 aliphatic carbocycles. The fraction of sp³-hybridized carbons (Fsp3) is 0.300. The summed E-state index contributed by atoms with van der Waals surface area (Å²) in [5.74, 6) is -0.355. The number of rotatable bonds is 9. The summed E-state index contributed by atoms with van der Waals surface area (Å²) in [6.45, 7) is 3.73. The van der Waals surface area contributed by atoms with Crippen molar-refractivity contribution in [2.45, 2.75) is 19.5 Å². The molecular formula is C20H21Br2NO6P+. The van der Waals surface area contributed by atoms with Gasteiger partial charge in [0, 0.05) is 12.1 Å². The van der Waals surface area contributed by atoms with Crippen LogP contribution in [-0.4, -0.2) is 36.8 Å². The molecule has 0 spiro atoms. The lowest BCUT2D eigenvalue weighted by molar-refractivity contribution is -0.142. The number of phenols is 1. The van der Waals surface area contributed by atoms with Gasteiger partial charge in [0.2, 0.25) is 0 Å². The second kappa shape index (κ2) is 11.4. The lowest BCUT2D eigenvalue weighted by atomic mass is 10.1. The highest BCUT2D eigenvalue weighted by molar-refractivity contribution is 9.11. The molecule has 0 aliphatic heterocycles. The number of ether oxygens (including phenoxy) is 2. The third-order valence-corrected chi connectivity index (χ3v) is 5.80. The largest absolute Gasteiger partial charge is 0.507 e. The van der Waals surface area contributed by atoms with Crippen LogP contribution in [-0.2, 0) is 20.3 Å². The first-order chi connectivity index (χ1) is 14.2. The number of halogens is 2. The number of benzene rings is 2. The Labute approximate surface area is 192 Å². The van der Waals surface area contributed by atoms with E-state index < -0.39 is 19.7 Å². The van der Waals surface area contributed by atoms with E-state index in [1.807, 2.05) is 12.1 Å². The highest BCUT2D eigenvalue weighted by Crippen LogP contribution is 2.40. The Morgan fingerprint density at radius 1 is 1.17 bits per heavy atom. The number of carbonyl (C=O) groups excluding carboxylic acids is 2. The standard InChI is InChI=1S/C20H20Br2NO6P/c1-3-28-18(25)6-7-23-20(26)14-10-13(4-5-17(14)24)29-19-15(21)8-12(9-16(19)22)11-30(2)27/h4-5,8-10H,3,6-7,11H2,1-2H3,(H-,23,24,26)/p+1. The Morgan fingerprint density at radius 3 is 2.43 bits per heavy atom. The van der Waals surface area contributed by atoms with Gasteiger partial charge >= 0.3 is 13.8 Å². The topological polar surface area (TPSA) is 102 Å². The molecule has 0 aliphatic rings. The van der Waals surface area contributed by atoms with Crippen molar-refractivity contribution in [2.24, 2.45) is 0 Å². The molecule has 1 atom stereocenters. The molecule has 2 aromatic rings. The van der Waals surface area contributed by atoms with Crippen molar-refractivity contribution in [3.63, 3.8) is 0 Å². The predicted octanol–water partition coefficient (Wildman–Crippen LogP) is 5.35. The van der Waals surface area contributed by atoms with Gasteiger partial charge in [-0.3, -0.25) is 9.59 Å². The number of hydrogen-bond acceptors (Lipinski definition) is 6. The van der Waals surface area contributed by atoms with Gasteiger partial charge in [0.15, 0.2) is 11.9 Å². The maximum atomic E-state index is 12.4. The number of amides is 1. The molecular weight excluding hydrogens is 541 g/mol. The van der Waals surface area contributed by atoms with Crippen molar-refractivity contribution in [1.29, 1.82) is 0 Å². The van der Waals surface area contributed by atoms with Crippen molar-refractivity contribution >= 4 is 51.5 Å². The van der Waals surface area contributed by atoms with Gasteiger partial charge < -0.3 is 19.9 Å². The number of esters is 1. The van der Waals surface area contributed by atoms with Gasteiger partial charge in [-0.1, -0.05) is 4.57 Å². The van der Waals surface area contributed by atoms with Crippen LogP contribution in [0.5, 0.6) is 17.2 Å². The summed E-state index contributed by atoms with van der Waals surface area (Å²) < 4.78 is 23.5. The quantitative estimate of drug-likeness (QED) is 0.316. The van der Waals surface area contributed by atoms with Crippen LogP contribution in [0.25, 0.3) is 0 Å². The summed E-state index contributed by atoms with van der Waals surface area (Å²) in [6.07, 6.45) is 0.480. The number of hydrogen-bond donors (Lipinski definition) is 2. The Balaban J connectivity index is 2.14. The van der Waals surface area contributed by atoms with E-state index in [9.17, 15) is 19.3 Å². The lowest BCUT2D eigenvalue weighted by Crippen LogP contribution is -2.26. The van der Waals surface area contributed by atoms with Crippen LogP contribution < -0.4 is 10.1 Å². The molecule has 0 aromatic heterocycles. The lowest BCUT2D eigenvalue weighted by Gasteiger charge is -2.13. The van der Waals surface area contributed by atoms with Crippen LogP contribution in [0.1, 0.15) is 29.3 Å². The van der Waals surface area contributed by atoms with E-state index in [4.69, 9.17) is 9.47 Å². The summed E-state index contributed by atoms with van der Waals surface area (Å²) in [7, 11) is -1.32. The van der Waals surface area contributed by atoms with Crippen LogP contribution in [0.15, 0.2) is 39.3 Å². The zero-order valence-corrected chi connectivity index (χ0v) is 20.5. The minimum atomic E-state index is -1.32. The van der Waals surface area contributed by atoms with Crippen molar-refractivity contribution in [3.8, 4) is 17.2 Å². The van der Waals surface area contributed by atoms with Crippen LogP contribution in [0.4, 0.5) is 0 Å². The summed E-state index contributed by atoms with van der Waals surface area (Å²) in [5, 5.41) is 12.6. The van der Waals surface area contributed by atoms with Crippen molar-refractivity contribution in [1.82, 2.24) is 5.32 Å². The van der Waals surface area contributed by atoms with E-state index in [0.717, 1.165) is 5.56 Å². The maximum Gasteiger partial charge on any atom is 0.340 e. The zero-order valence-electron chi connectivity index (χ0n) is 16.4. The molecule has 2 N–H and O–H groups in total. The summed E-state index contributed by atoms with van der Waals surface area (Å²) in [5.41, 5.74) is 0.903. The molecule has 0 fully saturated rings. The fourth-order valence-corrected chi connectivity index (χ4v) is 4.68. The highest BCUT2D eigenvalue weighted by atomic mass is 79.9. The van der Waals surface area contributed by atoms with E-state index in [1.54, 1.807) is 13.6 Å². The minimum Gasteiger partial charge on any atom is -0.507 e. The van der Waals surface area contributed by atoms with Crippen molar-refractivity contribution in [3.05, 3.63) is 50.4 Å². The number of aromatic hydroxyl groups is 1. The second-order valence-corrected chi connectivity index (χ2v) is 9.55. The number of nitrogens with one attached hydrogen (secondary N) is 1. The average molecular weight is 562 g/mol. The van der Waals surface area contributed by atoms with Gasteiger partial charge in [-0.15, -0.1) is 0 Å². The maximum absolute atomic E-state index is 12.4. The van der Waals surface area contributed by atoms with E-state index in [2.05, 4.69) is 37.2 Å². The first-order valence-corrected chi connectivity index (χ1v) is 12.5. The van der Waals surface area contributed by atoms with E-state index in [-0.39, 0.29) is 30.9 Å². The highest BCUT2D eigenvalue weighted by Gasteiger charge is 2.17. The molecule has 0 saturated heterocycles.